The van der Waals surface area contributed by atoms with E-state index in [2.05, 4.69) is 20.6 Å². The number of anilines is 1. The van der Waals surface area contributed by atoms with E-state index >= 15 is 0 Å². The molecule has 0 aliphatic carbocycles. The normalized spacial score (nSPS) is 10.9. The van der Waals surface area contributed by atoms with Crippen LogP contribution in [0.3, 0.4) is 0 Å². The summed E-state index contributed by atoms with van der Waals surface area (Å²) in [6.07, 6.45) is 0. The monoisotopic (exact) mass is 462 g/mol. The van der Waals surface area contributed by atoms with Crippen LogP contribution < -0.4 is 16.2 Å². The Balaban J connectivity index is 1.50. The van der Waals surface area contributed by atoms with Gasteiger partial charge in [0, 0.05) is 12.2 Å². The molecule has 8 nitrogen and oxygen atoms in total. The Morgan fingerprint density at radius 1 is 1.12 bits per heavy atom. The number of fused-ring (bicyclic) bond motifs is 3. The second-order valence-corrected chi connectivity index (χ2v) is 7.70. The highest BCUT2D eigenvalue weighted by atomic mass is 19.1. The van der Waals surface area contributed by atoms with Gasteiger partial charge < -0.3 is 20.4 Å². The van der Waals surface area contributed by atoms with Crippen molar-refractivity contribution in [1.82, 2.24) is 15.3 Å². The third-order valence-corrected chi connectivity index (χ3v) is 5.28. The fraction of sp³-hybridized carbons (Fsp3) is 0.200. The van der Waals surface area contributed by atoms with Gasteiger partial charge in [0.05, 0.1) is 23.1 Å². The van der Waals surface area contributed by atoms with Crippen LogP contribution in [0.2, 0.25) is 0 Å². The van der Waals surface area contributed by atoms with Crippen molar-refractivity contribution >= 4 is 39.2 Å². The van der Waals surface area contributed by atoms with Gasteiger partial charge in [-0.25, -0.2) is 9.37 Å². The number of benzene rings is 3. The van der Waals surface area contributed by atoms with Crippen LogP contribution >= 0.6 is 0 Å². The predicted molar refractivity (Wildman–Crippen MR) is 127 cm³/mol. The van der Waals surface area contributed by atoms with E-state index in [1.54, 1.807) is 19.9 Å². The first kappa shape index (κ1) is 22.9. The highest BCUT2D eigenvalue weighted by molar-refractivity contribution is 6.05. The first-order chi connectivity index (χ1) is 16.4. The van der Waals surface area contributed by atoms with Crippen molar-refractivity contribution in [3.63, 3.8) is 0 Å². The SMILES string of the molecule is CCOC(=O)CNC(=O)c1ccc(NCc2ccc3ccc4nc(C)[nH]c(=O)c4c3c2)cc1F. The van der Waals surface area contributed by atoms with Crippen LogP contribution in [-0.4, -0.2) is 35.0 Å². The van der Waals surface area contributed by atoms with Gasteiger partial charge in [-0.3, -0.25) is 14.4 Å². The molecule has 1 aromatic heterocycles. The molecule has 1 heterocycles. The zero-order valence-corrected chi connectivity index (χ0v) is 18.7. The zero-order chi connectivity index (χ0) is 24.2. The fourth-order valence-corrected chi connectivity index (χ4v) is 3.71. The fourth-order valence-electron chi connectivity index (χ4n) is 3.71. The van der Waals surface area contributed by atoms with E-state index in [4.69, 9.17) is 4.74 Å². The van der Waals surface area contributed by atoms with Crippen molar-refractivity contribution in [2.45, 2.75) is 20.4 Å². The number of carbonyl (C=O) groups is 2. The van der Waals surface area contributed by atoms with Crippen LogP contribution in [0.1, 0.15) is 28.7 Å². The van der Waals surface area contributed by atoms with Gasteiger partial charge >= 0.3 is 5.97 Å². The largest absolute Gasteiger partial charge is 0.465 e. The molecule has 1 amide bonds. The van der Waals surface area contributed by atoms with Crippen molar-refractivity contribution < 1.29 is 18.7 Å². The molecule has 4 aromatic rings. The number of carbonyl (C=O) groups excluding carboxylic acids is 2. The Morgan fingerprint density at radius 2 is 1.91 bits per heavy atom. The summed E-state index contributed by atoms with van der Waals surface area (Å²) in [7, 11) is 0. The molecule has 174 valence electrons. The molecule has 9 heteroatoms. The number of amides is 1. The van der Waals surface area contributed by atoms with Gasteiger partial charge in [0.1, 0.15) is 18.2 Å². The predicted octanol–water partition coefficient (Wildman–Crippen LogP) is 3.43. The van der Waals surface area contributed by atoms with Gasteiger partial charge in [0.2, 0.25) is 0 Å². The Kier molecular flexibility index (Phi) is 6.53. The molecule has 34 heavy (non-hydrogen) atoms. The minimum absolute atomic E-state index is 0.172. The molecule has 3 aromatic carbocycles. The van der Waals surface area contributed by atoms with Gasteiger partial charge in [-0.1, -0.05) is 18.2 Å². The Bertz CT molecular complexity index is 1470. The first-order valence-electron chi connectivity index (χ1n) is 10.7. The molecule has 0 atom stereocenters. The van der Waals surface area contributed by atoms with Crippen LogP contribution in [0, 0.1) is 12.7 Å². The average Bonchev–Trinajstić information content (AvgIpc) is 2.80. The molecule has 0 saturated heterocycles. The number of ether oxygens (including phenoxy) is 1. The third kappa shape index (κ3) is 4.88. The highest BCUT2D eigenvalue weighted by Gasteiger charge is 2.14. The average molecular weight is 462 g/mol. The standard InChI is InChI=1S/C25H23FN4O4/c1-3-34-22(31)13-28-24(32)18-8-7-17(11-20(18)26)27-12-15-4-5-16-6-9-21-23(19(16)10-15)25(33)30-14(2)29-21/h4-11,27H,3,12-13H2,1-2H3,(H,28,32)(H,29,30,33). The number of halogens is 1. The van der Waals surface area contributed by atoms with Gasteiger partial charge in [-0.05, 0) is 60.5 Å². The van der Waals surface area contributed by atoms with E-state index in [-0.39, 0.29) is 24.3 Å². The number of rotatable bonds is 7. The lowest BCUT2D eigenvalue weighted by atomic mass is 10.0. The second-order valence-electron chi connectivity index (χ2n) is 7.70. The van der Waals surface area contributed by atoms with Gasteiger partial charge in [-0.15, -0.1) is 0 Å². The minimum atomic E-state index is -0.719. The van der Waals surface area contributed by atoms with Crippen LogP contribution in [-0.2, 0) is 16.1 Å². The lowest BCUT2D eigenvalue weighted by Gasteiger charge is -2.11. The van der Waals surface area contributed by atoms with Crippen molar-refractivity contribution in [2.24, 2.45) is 0 Å². The number of aromatic amines is 1. The number of aromatic nitrogens is 2. The molecule has 0 saturated carbocycles. The number of nitrogens with zero attached hydrogens (tertiary/aromatic N) is 1. The highest BCUT2D eigenvalue weighted by Crippen LogP contribution is 2.24. The van der Waals surface area contributed by atoms with E-state index in [1.807, 2.05) is 30.3 Å². The molecular formula is C25H23FN4O4. The number of nitrogens with one attached hydrogen (secondary N) is 3. The van der Waals surface area contributed by atoms with Crippen molar-refractivity contribution in [1.29, 1.82) is 0 Å². The van der Waals surface area contributed by atoms with Gasteiger partial charge in [0.25, 0.3) is 11.5 Å². The van der Waals surface area contributed by atoms with E-state index in [9.17, 15) is 18.8 Å². The second kappa shape index (κ2) is 9.70. The van der Waals surface area contributed by atoms with Gasteiger partial charge in [-0.2, -0.15) is 0 Å². The topological polar surface area (TPSA) is 113 Å². The summed E-state index contributed by atoms with van der Waals surface area (Å²) in [6.45, 7) is 3.63. The Labute approximate surface area is 194 Å². The first-order valence-corrected chi connectivity index (χ1v) is 10.7. The van der Waals surface area contributed by atoms with E-state index < -0.39 is 17.7 Å². The summed E-state index contributed by atoms with van der Waals surface area (Å²) in [6, 6.07) is 13.6. The van der Waals surface area contributed by atoms with Crippen molar-refractivity contribution in [2.75, 3.05) is 18.5 Å². The lowest BCUT2D eigenvalue weighted by molar-refractivity contribution is -0.141. The molecule has 0 spiro atoms. The maximum absolute atomic E-state index is 14.5. The van der Waals surface area contributed by atoms with E-state index in [0.29, 0.717) is 29.0 Å². The minimum Gasteiger partial charge on any atom is -0.465 e. The smallest absolute Gasteiger partial charge is 0.325 e. The van der Waals surface area contributed by atoms with E-state index in [1.165, 1.54) is 12.1 Å². The van der Waals surface area contributed by atoms with Crippen molar-refractivity contribution in [3.05, 3.63) is 81.7 Å². The molecule has 0 bridgehead atoms. The molecule has 0 radical (unpaired) electrons. The van der Waals surface area contributed by atoms with Crippen LogP contribution in [0.25, 0.3) is 21.7 Å². The summed E-state index contributed by atoms with van der Waals surface area (Å²) >= 11 is 0. The molecule has 0 unspecified atom stereocenters. The third-order valence-electron chi connectivity index (χ3n) is 5.28. The number of hydrogen-bond donors (Lipinski definition) is 3. The lowest BCUT2D eigenvalue weighted by Crippen LogP contribution is -2.31. The molecular weight excluding hydrogens is 439 g/mol. The van der Waals surface area contributed by atoms with Crippen LogP contribution in [0.5, 0.6) is 0 Å². The van der Waals surface area contributed by atoms with E-state index in [0.717, 1.165) is 16.3 Å². The number of hydrogen-bond acceptors (Lipinski definition) is 6. The maximum Gasteiger partial charge on any atom is 0.325 e. The number of esters is 1. The molecule has 0 aliphatic rings. The summed E-state index contributed by atoms with van der Waals surface area (Å²) in [5.74, 6) is -1.46. The Morgan fingerprint density at radius 3 is 2.68 bits per heavy atom. The molecule has 4 rings (SSSR count). The molecule has 3 N–H and O–H groups in total. The summed E-state index contributed by atoms with van der Waals surface area (Å²) < 4.78 is 19.2. The molecule has 0 aliphatic heterocycles. The molecule has 0 fully saturated rings. The van der Waals surface area contributed by atoms with Crippen LogP contribution in [0.15, 0.2) is 53.3 Å². The number of aryl methyl sites for hydroxylation is 1. The number of H-pyrrole nitrogens is 1. The zero-order valence-electron chi connectivity index (χ0n) is 18.7. The summed E-state index contributed by atoms with van der Waals surface area (Å²) in [5, 5.41) is 7.68. The summed E-state index contributed by atoms with van der Waals surface area (Å²) in [5.41, 5.74) is 1.62. The van der Waals surface area contributed by atoms with Crippen LogP contribution in [0.4, 0.5) is 10.1 Å². The Hall–Kier alpha value is -4.27. The quantitative estimate of drug-likeness (QED) is 0.287. The van der Waals surface area contributed by atoms with Gasteiger partial charge in [0.15, 0.2) is 0 Å². The van der Waals surface area contributed by atoms with Crippen molar-refractivity contribution in [3.8, 4) is 0 Å². The maximum atomic E-state index is 14.5. The summed E-state index contributed by atoms with van der Waals surface area (Å²) in [4.78, 5) is 43.2.